The number of nitro groups is 1. The minimum absolute atomic E-state index is 0.386. The van der Waals surface area contributed by atoms with Gasteiger partial charge in [-0.1, -0.05) is 18.9 Å². The molecule has 0 aromatic heterocycles. The van der Waals surface area contributed by atoms with Crippen LogP contribution in [0, 0.1) is 15.9 Å². The van der Waals surface area contributed by atoms with Crippen molar-refractivity contribution in [1.82, 2.24) is 5.32 Å². The number of hydrogen-bond donors (Lipinski definition) is 2. The van der Waals surface area contributed by atoms with Crippen LogP contribution >= 0.6 is 0 Å². The first-order valence-electron chi connectivity index (χ1n) is 6.36. The summed E-state index contributed by atoms with van der Waals surface area (Å²) >= 11 is 0. The molecule has 1 aliphatic rings. The van der Waals surface area contributed by atoms with Gasteiger partial charge in [0.2, 0.25) is 5.82 Å². The zero-order valence-electron chi connectivity index (χ0n) is 10.6. The Hall–Kier alpha value is -1.53. The molecule has 2 N–H and O–H groups in total. The minimum Gasteiger partial charge on any atom is -0.389 e. The zero-order chi connectivity index (χ0) is 13.9. The molecule has 6 heteroatoms. The molecule has 0 saturated heterocycles. The van der Waals surface area contributed by atoms with Crippen molar-refractivity contribution >= 4 is 5.69 Å². The van der Waals surface area contributed by atoms with Crippen molar-refractivity contribution in [2.45, 2.75) is 37.8 Å². The standard InChI is InChI=1S/C13H17FN2O3/c14-11-7-10(3-4-12(11)16(18)19)8-15-9-13(17)5-1-2-6-13/h3-4,7,15,17H,1-2,5-6,8-9H2. The molecule has 0 radical (unpaired) electrons. The highest BCUT2D eigenvalue weighted by Crippen LogP contribution is 2.28. The van der Waals surface area contributed by atoms with Crippen LogP contribution < -0.4 is 5.32 Å². The molecular formula is C13H17FN2O3. The molecule has 0 unspecified atom stereocenters. The summed E-state index contributed by atoms with van der Waals surface area (Å²) in [5.74, 6) is -0.830. The number of benzene rings is 1. The van der Waals surface area contributed by atoms with Crippen LogP contribution in [0.2, 0.25) is 0 Å². The predicted molar refractivity (Wildman–Crippen MR) is 68.2 cm³/mol. The molecule has 0 spiro atoms. The lowest BCUT2D eigenvalue weighted by atomic mass is 10.0. The highest BCUT2D eigenvalue weighted by atomic mass is 19.1. The Kier molecular flexibility index (Phi) is 4.11. The van der Waals surface area contributed by atoms with Crippen molar-refractivity contribution in [3.63, 3.8) is 0 Å². The largest absolute Gasteiger partial charge is 0.389 e. The van der Waals surface area contributed by atoms with Gasteiger partial charge in [-0.15, -0.1) is 0 Å². The third-order valence-electron chi connectivity index (χ3n) is 3.53. The molecule has 1 saturated carbocycles. The van der Waals surface area contributed by atoms with E-state index in [9.17, 15) is 19.6 Å². The van der Waals surface area contributed by atoms with Crippen LogP contribution in [0.4, 0.5) is 10.1 Å². The highest BCUT2D eigenvalue weighted by Gasteiger charge is 2.30. The van der Waals surface area contributed by atoms with Crippen LogP contribution in [-0.4, -0.2) is 22.2 Å². The van der Waals surface area contributed by atoms with Gasteiger partial charge in [-0.25, -0.2) is 0 Å². The summed E-state index contributed by atoms with van der Waals surface area (Å²) in [6.45, 7) is 0.850. The topological polar surface area (TPSA) is 75.4 Å². The Morgan fingerprint density at radius 1 is 1.42 bits per heavy atom. The maximum absolute atomic E-state index is 13.4. The predicted octanol–water partition coefficient (Wildman–Crippen LogP) is 2.13. The van der Waals surface area contributed by atoms with Gasteiger partial charge in [0.05, 0.1) is 10.5 Å². The Balaban J connectivity index is 1.89. The lowest BCUT2D eigenvalue weighted by Crippen LogP contribution is -2.37. The minimum atomic E-state index is -0.830. The van der Waals surface area contributed by atoms with Gasteiger partial charge in [0.15, 0.2) is 0 Å². The van der Waals surface area contributed by atoms with Gasteiger partial charge >= 0.3 is 5.69 Å². The first-order chi connectivity index (χ1) is 9.00. The summed E-state index contributed by atoms with van der Waals surface area (Å²) in [5, 5.41) is 23.7. The molecule has 1 aromatic carbocycles. The molecule has 1 aromatic rings. The maximum Gasteiger partial charge on any atom is 0.304 e. The molecule has 1 fully saturated rings. The Bertz CT molecular complexity index is 473. The first kappa shape index (κ1) is 13.9. The van der Waals surface area contributed by atoms with Crippen molar-refractivity contribution < 1.29 is 14.4 Å². The van der Waals surface area contributed by atoms with Gasteiger partial charge in [-0.2, -0.15) is 4.39 Å². The van der Waals surface area contributed by atoms with Crippen LogP contribution in [0.5, 0.6) is 0 Å². The van der Waals surface area contributed by atoms with Gasteiger partial charge in [-0.05, 0) is 24.5 Å². The molecule has 0 heterocycles. The van der Waals surface area contributed by atoms with E-state index in [2.05, 4.69) is 5.32 Å². The second-order valence-corrected chi connectivity index (χ2v) is 5.08. The van der Waals surface area contributed by atoms with E-state index in [-0.39, 0.29) is 0 Å². The number of aliphatic hydroxyl groups is 1. The second kappa shape index (κ2) is 5.63. The number of nitro benzene ring substituents is 1. The highest BCUT2D eigenvalue weighted by molar-refractivity contribution is 5.34. The summed E-state index contributed by atoms with van der Waals surface area (Å²) in [5.41, 5.74) is -0.540. The van der Waals surface area contributed by atoms with Gasteiger partial charge in [0, 0.05) is 19.2 Å². The average molecular weight is 268 g/mol. The summed E-state index contributed by atoms with van der Waals surface area (Å²) < 4.78 is 13.4. The van der Waals surface area contributed by atoms with Crippen LogP contribution in [-0.2, 0) is 6.54 Å². The lowest BCUT2D eigenvalue weighted by Gasteiger charge is -2.22. The van der Waals surface area contributed by atoms with E-state index in [1.807, 2.05) is 0 Å². The average Bonchev–Trinajstić information content (AvgIpc) is 2.76. The van der Waals surface area contributed by atoms with Crippen molar-refractivity contribution in [3.05, 3.63) is 39.7 Å². The maximum atomic E-state index is 13.4. The van der Waals surface area contributed by atoms with E-state index in [0.29, 0.717) is 18.7 Å². The van der Waals surface area contributed by atoms with Gasteiger partial charge in [0.1, 0.15) is 0 Å². The Morgan fingerprint density at radius 2 is 2.11 bits per heavy atom. The van der Waals surface area contributed by atoms with Crippen LogP contribution in [0.15, 0.2) is 18.2 Å². The molecule has 5 nitrogen and oxygen atoms in total. The molecule has 0 atom stereocenters. The molecule has 104 valence electrons. The van der Waals surface area contributed by atoms with Crippen molar-refractivity contribution in [3.8, 4) is 0 Å². The lowest BCUT2D eigenvalue weighted by molar-refractivity contribution is -0.387. The first-order valence-corrected chi connectivity index (χ1v) is 6.36. The number of rotatable bonds is 5. The fourth-order valence-electron chi connectivity index (χ4n) is 2.46. The normalized spacial score (nSPS) is 17.6. The quantitative estimate of drug-likeness (QED) is 0.633. The molecule has 0 aliphatic heterocycles. The third kappa shape index (κ3) is 3.48. The smallest absolute Gasteiger partial charge is 0.304 e. The van der Waals surface area contributed by atoms with E-state index >= 15 is 0 Å². The van der Waals surface area contributed by atoms with E-state index in [1.165, 1.54) is 6.07 Å². The summed E-state index contributed by atoms with van der Waals surface area (Å²) in [4.78, 5) is 9.74. The monoisotopic (exact) mass is 268 g/mol. The number of halogens is 1. The molecule has 19 heavy (non-hydrogen) atoms. The number of nitrogens with zero attached hydrogens (tertiary/aromatic N) is 1. The number of nitrogens with one attached hydrogen (secondary N) is 1. The summed E-state index contributed by atoms with van der Waals surface area (Å²) in [7, 11) is 0. The van der Waals surface area contributed by atoms with Gasteiger partial charge in [0.25, 0.3) is 0 Å². The zero-order valence-corrected chi connectivity index (χ0v) is 10.6. The molecule has 0 amide bonds. The molecule has 2 rings (SSSR count). The summed E-state index contributed by atoms with van der Waals surface area (Å²) in [6, 6.07) is 3.84. The fourth-order valence-corrected chi connectivity index (χ4v) is 2.46. The molecule has 1 aliphatic carbocycles. The van der Waals surface area contributed by atoms with Crippen LogP contribution in [0.25, 0.3) is 0 Å². The Morgan fingerprint density at radius 3 is 2.68 bits per heavy atom. The van der Waals surface area contributed by atoms with Crippen LogP contribution in [0.3, 0.4) is 0 Å². The van der Waals surface area contributed by atoms with Crippen molar-refractivity contribution in [2.75, 3.05) is 6.54 Å². The van der Waals surface area contributed by atoms with E-state index < -0.39 is 22.0 Å². The third-order valence-corrected chi connectivity index (χ3v) is 3.53. The SMILES string of the molecule is O=[N+]([O-])c1ccc(CNCC2(O)CCCC2)cc1F. The summed E-state index contributed by atoms with van der Waals surface area (Å²) in [6.07, 6.45) is 3.64. The van der Waals surface area contributed by atoms with E-state index in [1.54, 1.807) is 0 Å². The van der Waals surface area contributed by atoms with Crippen molar-refractivity contribution in [2.24, 2.45) is 0 Å². The van der Waals surface area contributed by atoms with Crippen molar-refractivity contribution in [1.29, 1.82) is 0 Å². The molecular weight excluding hydrogens is 251 g/mol. The van der Waals surface area contributed by atoms with E-state index in [0.717, 1.165) is 37.8 Å². The molecule has 0 bridgehead atoms. The van der Waals surface area contributed by atoms with Gasteiger partial charge < -0.3 is 10.4 Å². The second-order valence-electron chi connectivity index (χ2n) is 5.08. The fraction of sp³-hybridized carbons (Fsp3) is 0.538. The van der Waals surface area contributed by atoms with E-state index in [4.69, 9.17) is 0 Å². The Labute approximate surface area is 110 Å². The van der Waals surface area contributed by atoms with Gasteiger partial charge in [-0.3, -0.25) is 10.1 Å². The number of hydrogen-bond acceptors (Lipinski definition) is 4. The van der Waals surface area contributed by atoms with Crippen LogP contribution in [0.1, 0.15) is 31.2 Å².